The van der Waals surface area contributed by atoms with Crippen LogP contribution in [0.15, 0.2) is 60.7 Å². The van der Waals surface area contributed by atoms with Crippen molar-refractivity contribution in [1.29, 1.82) is 0 Å². The average molecular weight is 487 g/mol. The van der Waals surface area contributed by atoms with Crippen molar-refractivity contribution in [3.63, 3.8) is 0 Å². The molecule has 4 aromatic rings. The predicted octanol–water partition coefficient (Wildman–Crippen LogP) is 3.47. The van der Waals surface area contributed by atoms with Crippen molar-refractivity contribution in [2.45, 2.75) is 19.0 Å². The highest BCUT2D eigenvalue weighted by molar-refractivity contribution is 6.07. The second-order valence-electron chi connectivity index (χ2n) is 8.44. The summed E-state index contributed by atoms with van der Waals surface area (Å²) in [5, 5.41) is 7.53. The molecule has 1 atom stereocenters. The third-order valence-corrected chi connectivity index (χ3v) is 6.00. The Morgan fingerprint density at radius 1 is 1.03 bits per heavy atom. The monoisotopic (exact) mass is 487 g/mol. The van der Waals surface area contributed by atoms with Gasteiger partial charge in [-0.2, -0.15) is 15.0 Å². The van der Waals surface area contributed by atoms with E-state index in [-0.39, 0.29) is 30.1 Å². The number of aromatic nitrogens is 3. The molecular formula is C25H22FN7O3. The lowest BCUT2D eigenvalue weighted by Gasteiger charge is -2.22. The smallest absolute Gasteiger partial charge is 0.325 e. The highest BCUT2D eigenvalue weighted by Gasteiger charge is 2.49. The first-order valence-electron chi connectivity index (χ1n) is 11.0. The van der Waals surface area contributed by atoms with Gasteiger partial charge in [0.05, 0.1) is 13.7 Å². The molecule has 3 amide bonds. The third kappa shape index (κ3) is 4.22. The largest absolute Gasteiger partial charge is 0.497 e. The fourth-order valence-corrected chi connectivity index (χ4v) is 4.07. The fraction of sp³-hybridized carbons (Fsp3) is 0.160. The van der Waals surface area contributed by atoms with Gasteiger partial charge in [-0.1, -0.05) is 18.2 Å². The molecule has 4 N–H and O–H groups in total. The van der Waals surface area contributed by atoms with Crippen molar-refractivity contribution < 1.29 is 18.7 Å². The number of benzene rings is 3. The van der Waals surface area contributed by atoms with Gasteiger partial charge in [0, 0.05) is 5.69 Å². The van der Waals surface area contributed by atoms with Gasteiger partial charge in [-0.25, -0.2) is 9.18 Å². The quantitative estimate of drug-likeness (QED) is 0.352. The summed E-state index contributed by atoms with van der Waals surface area (Å²) in [6, 6.07) is 16.2. The zero-order chi connectivity index (χ0) is 25.4. The lowest BCUT2D eigenvalue weighted by molar-refractivity contribution is -0.131. The van der Waals surface area contributed by atoms with E-state index in [0.29, 0.717) is 11.3 Å². The number of hydrogen-bond donors (Lipinski definition) is 3. The van der Waals surface area contributed by atoms with E-state index < -0.39 is 17.5 Å². The van der Waals surface area contributed by atoms with E-state index in [0.717, 1.165) is 21.4 Å². The summed E-state index contributed by atoms with van der Waals surface area (Å²) in [5.41, 5.74) is 5.71. The van der Waals surface area contributed by atoms with Gasteiger partial charge in [-0.05, 0) is 65.7 Å². The van der Waals surface area contributed by atoms with Gasteiger partial charge in [-0.15, -0.1) is 0 Å². The molecule has 1 aliphatic heterocycles. The number of imide groups is 1. The van der Waals surface area contributed by atoms with Crippen molar-refractivity contribution in [3.05, 3.63) is 77.9 Å². The molecule has 1 saturated heterocycles. The number of carbonyl (C=O) groups is 2. The zero-order valence-electron chi connectivity index (χ0n) is 19.4. The van der Waals surface area contributed by atoms with Gasteiger partial charge in [-0.3, -0.25) is 9.69 Å². The van der Waals surface area contributed by atoms with Crippen LogP contribution in [0.25, 0.3) is 10.8 Å². The Labute approximate surface area is 205 Å². The number of nitrogens with one attached hydrogen (secondary N) is 2. The number of carbonyl (C=O) groups excluding carboxylic acids is 2. The molecule has 36 heavy (non-hydrogen) atoms. The van der Waals surface area contributed by atoms with Gasteiger partial charge < -0.3 is 21.1 Å². The van der Waals surface area contributed by atoms with E-state index >= 15 is 0 Å². The molecule has 5 rings (SSSR count). The summed E-state index contributed by atoms with van der Waals surface area (Å²) in [5.74, 6) is 0.0121. The molecule has 0 radical (unpaired) electrons. The van der Waals surface area contributed by atoms with Gasteiger partial charge in [0.25, 0.3) is 5.91 Å². The summed E-state index contributed by atoms with van der Waals surface area (Å²) in [6.07, 6.45) is 0. The van der Waals surface area contributed by atoms with Gasteiger partial charge >= 0.3 is 6.03 Å². The molecule has 1 fully saturated rings. The Bertz CT molecular complexity index is 1500. The molecule has 2 heterocycles. The van der Waals surface area contributed by atoms with Crippen LogP contribution in [-0.4, -0.2) is 38.9 Å². The predicted molar refractivity (Wildman–Crippen MR) is 131 cm³/mol. The summed E-state index contributed by atoms with van der Waals surface area (Å²) in [4.78, 5) is 39.7. The van der Waals surface area contributed by atoms with Crippen LogP contribution in [0, 0.1) is 5.82 Å². The second-order valence-corrected chi connectivity index (χ2v) is 8.44. The number of nitrogens with two attached hydrogens (primary N) is 1. The van der Waals surface area contributed by atoms with Crippen LogP contribution in [0.3, 0.4) is 0 Å². The molecule has 0 spiro atoms. The van der Waals surface area contributed by atoms with Gasteiger partial charge in [0.2, 0.25) is 11.9 Å². The molecule has 3 aromatic carbocycles. The summed E-state index contributed by atoms with van der Waals surface area (Å²) in [6.45, 7) is 1.44. The third-order valence-electron chi connectivity index (χ3n) is 6.00. The topological polar surface area (TPSA) is 135 Å². The Morgan fingerprint density at radius 2 is 1.75 bits per heavy atom. The summed E-state index contributed by atoms with van der Waals surface area (Å²) in [7, 11) is 1.60. The Kier molecular flexibility index (Phi) is 5.59. The molecule has 0 saturated carbocycles. The Hall–Kier alpha value is -4.80. The maximum atomic E-state index is 13.4. The van der Waals surface area contributed by atoms with Crippen molar-refractivity contribution in [1.82, 2.24) is 25.2 Å². The first kappa shape index (κ1) is 23.0. The normalized spacial score (nSPS) is 17.4. The number of ether oxygens (including phenoxy) is 1. The van der Waals surface area contributed by atoms with Crippen LogP contribution < -0.4 is 21.1 Å². The van der Waals surface area contributed by atoms with Crippen LogP contribution in [-0.2, 0) is 16.9 Å². The van der Waals surface area contributed by atoms with Crippen molar-refractivity contribution in [2.75, 3.05) is 18.2 Å². The number of fused-ring (bicyclic) bond motifs is 1. The molecular weight excluding hydrogens is 465 g/mol. The molecule has 0 aliphatic carbocycles. The minimum absolute atomic E-state index is 0.0932. The number of anilines is 3. The highest BCUT2D eigenvalue weighted by atomic mass is 19.1. The van der Waals surface area contributed by atoms with Crippen molar-refractivity contribution >= 4 is 40.3 Å². The van der Waals surface area contributed by atoms with E-state index in [1.54, 1.807) is 20.1 Å². The van der Waals surface area contributed by atoms with Gasteiger partial charge in [0.15, 0.2) is 5.82 Å². The molecule has 182 valence electrons. The van der Waals surface area contributed by atoms with Crippen LogP contribution in [0.2, 0.25) is 0 Å². The second kappa shape index (κ2) is 8.77. The maximum absolute atomic E-state index is 13.4. The number of urea groups is 1. The van der Waals surface area contributed by atoms with Crippen LogP contribution in [0.1, 0.15) is 18.3 Å². The number of halogens is 1. The van der Waals surface area contributed by atoms with Crippen LogP contribution in [0.5, 0.6) is 5.75 Å². The number of rotatable bonds is 6. The number of hydrogen-bond acceptors (Lipinski definition) is 8. The first-order chi connectivity index (χ1) is 17.2. The molecule has 0 unspecified atom stereocenters. The highest BCUT2D eigenvalue weighted by Crippen LogP contribution is 2.32. The molecule has 11 heteroatoms. The van der Waals surface area contributed by atoms with E-state index in [4.69, 9.17) is 10.5 Å². The molecule has 1 aromatic heterocycles. The number of nitrogens with zero attached hydrogens (tertiary/aromatic N) is 4. The zero-order valence-corrected chi connectivity index (χ0v) is 19.4. The standard InChI is InChI=1S/C25H22FN7O3/c1-25(16-5-3-15-12-19(36-2)10-4-14(15)11-16)21(34)33(24(35)32-25)13-20-29-22(27)31-23(30-20)28-18-8-6-17(26)7-9-18/h3-12H,13H2,1-2H3,(H,32,35)(H3,27,28,29,30,31)/t25-/m1/s1. The number of methoxy groups -OCH3 is 1. The molecule has 0 bridgehead atoms. The molecule has 1 aliphatic rings. The van der Waals surface area contributed by atoms with Crippen molar-refractivity contribution in [2.24, 2.45) is 0 Å². The Morgan fingerprint density at radius 3 is 2.50 bits per heavy atom. The van der Waals surface area contributed by atoms with Crippen molar-refractivity contribution in [3.8, 4) is 5.75 Å². The minimum atomic E-state index is -1.28. The Balaban J connectivity index is 1.39. The summed E-state index contributed by atoms with van der Waals surface area (Å²) >= 11 is 0. The lowest BCUT2D eigenvalue weighted by Crippen LogP contribution is -2.40. The SMILES string of the molecule is COc1ccc2cc([C@@]3(C)NC(=O)N(Cc4nc(N)nc(Nc5ccc(F)cc5)n4)C3=O)ccc2c1. The van der Waals surface area contributed by atoms with Crippen LogP contribution >= 0.6 is 0 Å². The maximum Gasteiger partial charge on any atom is 0.325 e. The fourth-order valence-electron chi connectivity index (χ4n) is 4.07. The number of amides is 3. The summed E-state index contributed by atoms with van der Waals surface area (Å²) < 4.78 is 18.4. The van der Waals surface area contributed by atoms with E-state index in [9.17, 15) is 14.0 Å². The van der Waals surface area contributed by atoms with E-state index in [1.807, 2.05) is 30.3 Å². The average Bonchev–Trinajstić information content (AvgIpc) is 3.08. The lowest BCUT2D eigenvalue weighted by atomic mass is 9.90. The van der Waals surface area contributed by atoms with E-state index in [2.05, 4.69) is 25.6 Å². The first-order valence-corrected chi connectivity index (χ1v) is 11.0. The molecule has 10 nitrogen and oxygen atoms in total. The van der Waals surface area contributed by atoms with Crippen LogP contribution in [0.4, 0.5) is 26.8 Å². The van der Waals surface area contributed by atoms with Gasteiger partial charge in [0.1, 0.15) is 17.1 Å². The number of nitrogen functional groups attached to an aromatic ring is 1. The van der Waals surface area contributed by atoms with E-state index in [1.165, 1.54) is 24.3 Å². The minimum Gasteiger partial charge on any atom is -0.497 e.